The molecule has 21 heavy (non-hydrogen) atoms. The van der Waals surface area contributed by atoms with Crippen molar-refractivity contribution in [1.29, 1.82) is 0 Å². The van der Waals surface area contributed by atoms with E-state index in [0.29, 0.717) is 6.54 Å². The van der Waals surface area contributed by atoms with Gasteiger partial charge in [0.2, 0.25) is 11.6 Å². The van der Waals surface area contributed by atoms with E-state index in [9.17, 15) is 19.5 Å². The number of terminal acetylenes is 1. The Morgan fingerprint density at radius 3 is 2.81 bits per heavy atom. The summed E-state index contributed by atoms with van der Waals surface area (Å²) in [6.07, 6.45) is 8.02. The number of aliphatic carboxylic acids is 1. The Bertz CT molecular complexity index is 509. The number of Topliss-reactive ketones (excluding diaryl/α,β-unsaturated/α-hetero) is 1. The number of allylic oxidation sites excluding steroid dienone is 1. The molecule has 0 aromatic carbocycles. The smallest absolute Gasteiger partial charge is 0.324 e. The summed E-state index contributed by atoms with van der Waals surface area (Å²) in [5, 5.41) is 9.31. The molecule has 3 N–H and O–H groups in total. The second-order valence-electron chi connectivity index (χ2n) is 5.03. The molecule has 0 spiro atoms. The van der Waals surface area contributed by atoms with E-state index in [2.05, 4.69) is 16.8 Å². The van der Waals surface area contributed by atoms with Gasteiger partial charge in [0, 0.05) is 18.8 Å². The van der Waals surface area contributed by atoms with Gasteiger partial charge in [-0.15, -0.1) is 6.42 Å². The van der Waals surface area contributed by atoms with Crippen molar-refractivity contribution in [1.82, 2.24) is 15.8 Å². The van der Waals surface area contributed by atoms with Gasteiger partial charge in [0.05, 0.1) is 12.6 Å². The summed E-state index contributed by atoms with van der Waals surface area (Å²) in [6, 6.07) is -0.584. The minimum atomic E-state index is -1.24. The summed E-state index contributed by atoms with van der Waals surface area (Å²) >= 11 is 0. The van der Waals surface area contributed by atoms with Crippen LogP contribution in [0, 0.1) is 12.3 Å². The minimum Gasteiger partial charge on any atom is -0.480 e. The molecule has 0 aromatic heterocycles. The van der Waals surface area contributed by atoms with Gasteiger partial charge in [-0.3, -0.25) is 14.4 Å². The SMILES string of the molecule is C#CCNNC(C)(CCN1C=CC(=O)C(=O)C1C)C(=O)O. The lowest BCUT2D eigenvalue weighted by Crippen LogP contribution is -2.57. The number of hydrogen-bond acceptors (Lipinski definition) is 6. The summed E-state index contributed by atoms with van der Waals surface area (Å²) in [5.41, 5.74) is 4.08. The summed E-state index contributed by atoms with van der Waals surface area (Å²) < 4.78 is 0. The first-order valence-corrected chi connectivity index (χ1v) is 6.51. The molecule has 2 atom stereocenters. The van der Waals surface area contributed by atoms with Crippen molar-refractivity contribution in [2.45, 2.75) is 31.8 Å². The molecular weight excluding hydrogens is 274 g/mol. The van der Waals surface area contributed by atoms with E-state index in [1.165, 1.54) is 19.2 Å². The van der Waals surface area contributed by atoms with Crippen LogP contribution in [-0.2, 0) is 14.4 Å². The zero-order chi connectivity index (χ0) is 16.0. The van der Waals surface area contributed by atoms with Gasteiger partial charge in [-0.25, -0.2) is 10.9 Å². The van der Waals surface area contributed by atoms with Gasteiger partial charge in [0.1, 0.15) is 5.54 Å². The average molecular weight is 293 g/mol. The van der Waals surface area contributed by atoms with Crippen molar-refractivity contribution in [3.8, 4) is 12.3 Å². The molecular formula is C14H19N3O4. The van der Waals surface area contributed by atoms with Crippen LogP contribution in [0.4, 0.5) is 0 Å². The van der Waals surface area contributed by atoms with Crippen molar-refractivity contribution in [2.75, 3.05) is 13.1 Å². The Labute approximate surface area is 123 Å². The molecule has 7 heteroatoms. The predicted molar refractivity (Wildman–Crippen MR) is 76.0 cm³/mol. The molecule has 0 aliphatic carbocycles. The van der Waals surface area contributed by atoms with Gasteiger partial charge in [-0.05, 0) is 20.3 Å². The maximum Gasteiger partial charge on any atom is 0.324 e. The number of carboxylic acids is 1. The number of ketones is 2. The third kappa shape index (κ3) is 4.15. The number of hydrazine groups is 1. The maximum atomic E-state index is 11.6. The van der Waals surface area contributed by atoms with Crippen LogP contribution in [0.5, 0.6) is 0 Å². The van der Waals surface area contributed by atoms with Crippen molar-refractivity contribution in [2.24, 2.45) is 0 Å². The molecule has 7 nitrogen and oxygen atoms in total. The van der Waals surface area contributed by atoms with Crippen molar-refractivity contribution >= 4 is 17.5 Å². The Morgan fingerprint density at radius 1 is 1.57 bits per heavy atom. The lowest BCUT2D eigenvalue weighted by atomic mass is 9.97. The summed E-state index contributed by atoms with van der Waals surface area (Å²) in [6.45, 7) is 3.64. The third-order valence-electron chi connectivity index (χ3n) is 3.43. The normalized spacial score (nSPS) is 21.0. The lowest BCUT2D eigenvalue weighted by Gasteiger charge is -2.33. The van der Waals surface area contributed by atoms with E-state index in [-0.39, 0.29) is 13.0 Å². The second kappa shape index (κ2) is 7.02. The van der Waals surface area contributed by atoms with Crippen LogP contribution in [0.1, 0.15) is 20.3 Å². The maximum absolute atomic E-state index is 11.6. The van der Waals surface area contributed by atoms with Crippen molar-refractivity contribution in [3.05, 3.63) is 12.3 Å². The van der Waals surface area contributed by atoms with E-state index in [0.717, 1.165) is 0 Å². The van der Waals surface area contributed by atoms with Gasteiger partial charge >= 0.3 is 5.97 Å². The fourth-order valence-electron chi connectivity index (χ4n) is 1.87. The zero-order valence-electron chi connectivity index (χ0n) is 12.0. The molecule has 0 fully saturated rings. The van der Waals surface area contributed by atoms with E-state index >= 15 is 0 Å². The molecule has 0 amide bonds. The number of carbonyl (C=O) groups is 3. The van der Waals surface area contributed by atoms with Crippen LogP contribution in [-0.4, -0.2) is 52.2 Å². The Balaban J connectivity index is 2.67. The monoisotopic (exact) mass is 293 g/mol. The molecule has 1 aliphatic heterocycles. The fraction of sp³-hybridized carbons (Fsp3) is 0.500. The Morgan fingerprint density at radius 2 is 2.24 bits per heavy atom. The zero-order valence-corrected chi connectivity index (χ0v) is 12.0. The van der Waals surface area contributed by atoms with Crippen LogP contribution in [0.25, 0.3) is 0 Å². The van der Waals surface area contributed by atoms with Crippen molar-refractivity contribution < 1.29 is 19.5 Å². The Hall–Kier alpha value is -2.17. The van der Waals surface area contributed by atoms with Crippen LogP contribution < -0.4 is 10.9 Å². The molecule has 0 aromatic rings. The second-order valence-corrected chi connectivity index (χ2v) is 5.03. The third-order valence-corrected chi connectivity index (χ3v) is 3.43. The predicted octanol–water partition coefficient (Wildman–Crippen LogP) is -0.697. The molecule has 1 rings (SSSR count). The van der Waals surface area contributed by atoms with Gasteiger partial charge in [0.15, 0.2) is 0 Å². The number of nitrogens with zero attached hydrogens (tertiary/aromatic N) is 1. The van der Waals surface area contributed by atoms with Gasteiger partial charge in [0.25, 0.3) is 0 Å². The number of carboxylic acid groups (broad SMARTS) is 1. The number of rotatable bonds is 7. The summed E-state index contributed by atoms with van der Waals surface area (Å²) in [5.74, 6) is 0.267. The highest BCUT2D eigenvalue weighted by molar-refractivity contribution is 6.43. The van der Waals surface area contributed by atoms with Crippen LogP contribution in [0.3, 0.4) is 0 Å². The molecule has 0 radical (unpaired) electrons. The first-order valence-electron chi connectivity index (χ1n) is 6.51. The largest absolute Gasteiger partial charge is 0.480 e. The highest BCUT2D eigenvalue weighted by atomic mass is 16.4. The number of hydrogen-bond donors (Lipinski definition) is 3. The topological polar surface area (TPSA) is 98.7 Å². The van der Waals surface area contributed by atoms with Gasteiger partial charge in [-0.1, -0.05) is 5.92 Å². The molecule has 2 unspecified atom stereocenters. The molecule has 0 saturated carbocycles. The van der Waals surface area contributed by atoms with E-state index < -0.39 is 29.1 Å². The van der Waals surface area contributed by atoms with E-state index in [4.69, 9.17) is 6.42 Å². The highest BCUT2D eigenvalue weighted by Gasteiger charge is 2.35. The Kier molecular flexibility index (Phi) is 5.64. The molecule has 0 bridgehead atoms. The molecule has 1 heterocycles. The van der Waals surface area contributed by atoms with Crippen LogP contribution >= 0.6 is 0 Å². The molecule has 114 valence electrons. The average Bonchev–Trinajstić information content (AvgIpc) is 2.44. The van der Waals surface area contributed by atoms with Gasteiger partial charge < -0.3 is 10.0 Å². The first-order chi connectivity index (χ1) is 9.81. The highest BCUT2D eigenvalue weighted by Crippen LogP contribution is 2.15. The molecule has 1 aliphatic rings. The quantitative estimate of drug-likeness (QED) is 0.247. The molecule has 0 saturated heterocycles. The van der Waals surface area contributed by atoms with Crippen LogP contribution in [0.15, 0.2) is 12.3 Å². The number of carbonyl (C=O) groups excluding carboxylic acids is 2. The fourth-order valence-corrected chi connectivity index (χ4v) is 1.87. The van der Waals surface area contributed by atoms with Gasteiger partial charge in [-0.2, -0.15) is 0 Å². The van der Waals surface area contributed by atoms with Crippen LogP contribution in [0.2, 0.25) is 0 Å². The summed E-state index contributed by atoms with van der Waals surface area (Å²) in [7, 11) is 0. The summed E-state index contributed by atoms with van der Waals surface area (Å²) in [4.78, 5) is 35.9. The minimum absolute atomic E-state index is 0.190. The van der Waals surface area contributed by atoms with Crippen molar-refractivity contribution in [3.63, 3.8) is 0 Å². The number of nitrogens with one attached hydrogen (secondary N) is 2. The lowest BCUT2D eigenvalue weighted by molar-refractivity contribution is -0.145. The standard InChI is InChI=1S/C14H19N3O4/c1-4-7-15-16-14(3,13(20)21)6-9-17-8-5-11(18)12(19)10(17)2/h1,5,8,10,15-16H,6-7,9H2,2-3H3,(H,20,21). The van der Waals surface area contributed by atoms with E-state index in [1.54, 1.807) is 11.8 Å². The first kappa shape index (κ1) is 16.9. The van der Waals surface area contributed by atoms with E-state index in [1.807, 2.05) is 0 Å².